The van der Waals surface area contributed by atoms with Gasteiger partial charge in [0.2, 0.25) is 0 Å². The molecule has 0 amide bonds. The van der Waals surface area contributed by atoms with E-state index in [4.69, 9.17) is 0 Å². The number of aromatic nitrogens is 2. The number of aryl methyl sites for hydroxylation is 2. The molecule has 2 aromatic carbocycles. The van der Waals surface area contributed by atoms with Gasteiger partial charge in [-0.2, -0.15) is 0 Å². The minimum Gasteiger partial charge on any atom is -0.339 e. The number of halogens is 1. The van der Waals surface area contributed by atoms with Crippen LogP contribution in [0.25, 0.3) is 0 Å². The van der Waals surface area contributed by atoms with E-state index in [-0.39, 0.29) is 24.0 Å². The number of likely N-dealkylation sites (N-methyl/N-ethyl adjacent to an activating group) is 1. The summed E-state index contributed by atoms with van der Waals surface area (Å²) in [7, 11) is 0.146. The van der Waals surface area contributed by atoms with Crippen LogP contribution >= 0.6 is 12.4 Å². The number of nitrogens with one attached hydrogen (secondary N) is 2. The fourth-order valence-electron chi connectivity index (χ4n) is 4.30. The third kappa shape index (κ3) is 5.36. The third-order valence-electron chi connectivity index (χ3n) is 5.91. The number of fused-ring (bicyclic) bond motifs is 1. The van der Waals surface area contributed by atoms with Crippen molar-refractivity contribution in [1.29, 1.82) is 0 Å². The van der Waals surface area contributed by atoms with E-state index >= 15 is 0 Å². The molecule has 1 aliphatic rings. The summed E-state index contributed by atoms with van der Waals surface area (Å²) < 4.78 is 29.3. The van der Waals surface area contributed by atoms with Crippen molar-refractivity contribution >= 4 is 22.4 Å². The van der Waals surface area contributed by atoms with Crippen molar-refractivity contribution in [2.75, 3.05) is 7.05 Å². The molecular formula is C23H29ClN4O2S. The second kappa shape index (κ2) is 9.96. The molecule has 1 heterocycles. The number of rotatable bonds is 7. The highest BCUT2D eigenvalue weighted by atomic mass is 35.5. The van der Waals surface area contributed by atoms with Gasteiger partial charge in [-0.1, -0.05) is 48.5 Å². The lowest BCUT2D eigenvalue weighted by Crippen LogP contribution is -2.37. The minimum atomic E-state index is -3.63. The summed E-state index contributed by atoms with van der Waals surface area (Å²) in [5.41, 5.74) is 4.96. The lowest BCUT2D eigenvalue weighted by atomic mass is 9.75. The summed E-state index contributed by atoms with van der Waals surface area (Å²) in [6, 6.07) is 17.3. The molecule has 8 heteroatoms. The average Bonchev–Trinajstić information content (AvgIpc) is 3.21. The Kier molecular flexibility index (Phi) is 7.54. The molecule has 1 aliphatic carbocycles. The van der Waals surface area contributed by atoms with Crippen LogP contribution in [-0.2, 0) is 36.5 Å². The lowest BCUT2D eigenvalue weighted by molar-refractivity contribution is 0.409. The molecular weight excluding hydrogens is 432 g/mol. The fourth-order valence-corrected chi connectivity index (χ4v) is 5.30. The summed E-state index contributed by atoms with van der Waals surface area (Å²) in [6.45, 7) is 0.245. The molecule has 2 atom stereocenters. The molecule has 2 unspecified atom stereocenters. The van der Waals surface area contributed by atoms with Crippen molar-refractivity contribution < 1.29 is 8.42 Å². The molecule has 0 fully saturated rings. The van der Waals surface area contributed by atoms with Crippen LogP contribution in [0.3, 0.4) is 0 Å². The van der Waals surface area contributed by atoms with Crippen LogP contribution in [0, 0.1) is 0 Å². The van der Waals surface area contributed by atoms with Crippen molar-refractivity contribution in [3.05, 3.63) is 83.3 Å². The van der Waals surface area contributed by atoms with E-state index in [9.17, 15) is 8.42 Å². The van der Waals surface area contributed by atoms with Gasteiger partial charge in [0.15, 0.2) is 5.03 Å². The Morgan fingerprint density at radius 1 is 1.13 bits per heavy atom. The highest BCUT2D eigenvalue weighted by molar-refractivity contribution is 7.89. The van der Waals surface area contributed by atoms with Gasteiger partial charge in [0, 0.05) is 31.7 Å². The largest absolute Gasteiger partial charge is 0.339 e. The zero-order valence-electron chi connectivity index (χ0n) is 17.8. The van der Waals surface area contributed by atoms with Gasteiger partial charge in [-0.3, -0.25) is 0 Å². The summed E-state index contributed by atoms with van der Waals surface area (Å²) >= 11 is 0. The number of imidazole rings is 1. The second-order valence-electron chi connectivity index (χ2n) is 7.97. The molecule has 3 aromatic rings. The van der Waals surface area contributed by atoms with Crippen LogP contribution in [0.15, 0.2) is 66.1 Å². The molecule has 0 radical (unpaired) electrons. The smallest absolute Gasteiger partial charge is 0.259 e. The highest BCUT2D eigenvalue weighted by Crippen LogP contribution is 2.35. The monoisotopic (exact) mass is 460 g/mol. The first-order valence-electron chi connectivity index (χ1n) is 10.3. The molecule has 2 N–H and O–H groups in total. The van der Waals surface area contributed by atoms with Gasteiger partial charge in [-0.05, 0) is 48.6 Å². The van der Waals surface area contributed by atoms with Crippen LogP contribution in [0.4, 0.5) is 0 Å². The predicted octanol–water partition coefficient (Wildman–Crippen LogP) is 3.18. The maximum atomic E-state index is 12.5. The molecule has 31 heavy (non-hydrogen) atoms. The zero-order valence-corrected chi connectivity index (χ0v) is 19.4. The van der Waals surface area contributed by atoms with E-state index in [0.717, 1.165) is 24.8 Å². The molecule has 4 rings (SSSR count). The van der Waals surface area contributed by atoms with E-state index in [1.807, 2.05) is 19.2 Å². The van der Waals surface area contributed by atoms with Gasteiger partial charge < -0.3 is 9.88 Å². The van der Waals surface area contributed by atoms with Gasteiger partial charge in [0.25, 0.3) is 10.0 Å². The van der Waals surface area contributed by atoms with E-state index < -0.39 is 10.0 Å². The Morgan fingerprint density at radius 2 is 1.90 bits per heavy atom. The molecule has 6 nitrogen and oxygen atoms in total. The van der Waals surface area contributed by atoms with Gasteiger partial charge in [-0.25, -0.2) is 18.1 Å². The predicted molar refractivity (Wildman–Crippen MR) is 125 cm³/mol. The quantitative estimate of drug-likeness (QED) is 0.567. The number of benzene rings is 2. The van der Waals surface area contributed by atoms with Gasteiger partial charge >= 0.3 is 0 Å². The first-order valence-corrected chi connectivity index (χ1v) is 11.7. The fraction of sp³-hybridized carbons (Fsp3) is 0.348. The van der Waals surface area contributed by atoms with Crippen molar-refractivity contribution in [3.63, 3.8) is 0 Å². The molecule has 166 valence electrons. The normalized spacial score (nSPS) is 18.3. The maximum Gasteiger partial charge on any atom is 0.259 e. The summed E-state index contributed by atoms with van der Waals surface area (Å²) in [5, 5.41) is 3.53. The van der Waals surface area contributed by atoms with Crippen molar-refractivity contribution in [2.45, 2.75) is 42.8 Å². The van der Waals surface area contributed by atoms with Crippen LogP contribution in [0.5, 0.6) is 0 Å². The topological polar surface area (TPSA) is 76.0 Å². The molecule has 1 aromatic heterocycles. The summed E-state index contributed by atoms with van der Waals surface area (Å²) in [4.78, 5) is 3.95. The number of hydrogen-bond acceptors (Lipinski definition) is 4. The van der Waals surface area contributed by atoms with Crippen LogP contribution in [0.2, 0.25) is 0 Å². The Bertz CT molecular complexity index is 1120. The Labute approximate surface area is 190 Å². The summed E-state index contributed by atoms with van der Waals surface area (Å²) in [5.74, 6) is 0.355. The third-order valence-corrected chi connectivity index (χ3v) is 7.20. The van der Waals surface area contributed by atoms with Gasteiger partial charge in [0.1, 0.15) is 0 Å². The van der Waals surface area contributed by atoms with Crippen LogP contribution < -0.4 is 10.0 Å². The lowest BCUT2D eigenvalue weighted by Gasteiger charge is -2.34. The number of sulfonamides is 1. The van der Waals surface area contributed by atoms with E-state index in [2.05, 4.69) is 51.4 Å². The summed E-state index contributed by atoms with van der Waals surface area (Å²) in [6.07, 6.45) is 6.09. The van der Waals surface area contributed by atoms with E-state index in [1.165, 1.54) is 29.2 Å². The van der Waals surface area contributed by atoms with Crippen molar-refractivity contribution in [1.82, 2.24) is 19.6 Å². The van der Waals surface area contributed by atoms with Gasteiger partial charge in [-0.15, -0.1) is 12.4 Å². The highest BCUT2D eigenvalue weighted by Gasteiger charge is 2.29. The number of hydrogen-bond donors (Lipinski definition) is 2. The minimum absolute atomic E-state index is 0. The molecule has 0 bridgehead atoms. The number of nitrogens with zero attached hydrogens (tertiary/aromatic N) is 2. The SMILES string of the molecule is CNC1CCc2ccc(CNS(=O)(=O)c3cn(C)cn3)cc2C1Cc1ccccc1.Cl. The Morgan fingerprint density at radius 3 is 2.58 bits per heavy atom. The van der Waals surface area contributed by atoms with Crippen molar-refractivity contribution in [3.8, 4) is 0 Å². The van der Waals surface area contributed by atoms with Crippen LogP contribution in [0.1, 0.15) is 34.6 Å². The Hall–Kier alpha value is -2.19. The molecule has 0 aliphatic heterocycles. The first-order chi connectivity index (χ1) is 14.5. The maximum absolute atomic E-state index is 12.5. The Balaban J connectivity index is 0.00000272. The van der Waals surface area contributed by atoms with Crippen LogP contribution in [-0.4, -0.2) is 31.1 Å². The zero-order chi connectivity index (χ0) is 21.1. The first kappa shape index (κ1) is 23.5. The van der Waals surface area contributed by atoms with E-state index in [1.54, 1.807) is 11.6 Å². The molecule has 0 spiro atoms. The average molecular weight is 461 g/mol. The van der Waals surface area contributed by atoms with Gasteiger partial charge in [0.05, 0.1) is 6.33 Å². The molecule has 0 saturated carbocycles. The second-order valence-corrected chi connectivity index (χ2v) is 9.68. The molecule has 0 saturated heterocycles. The standard InChI is InChI=1S/C23H28N4O2S.ClH/c1-24-22-11-10-19-9-8-18(14-26-30(28,29)23-15-27(2)16-25-23)13-20(19)21(22)12-17-6-4-3-5-7-17;/h3-9,13,15-16,21-22,24,26H,10-12,14H2,1-2H3;1H. The van der Waals surface area contributed by atoms with Crippen molar-refractivity contribution in [2.24, 2.45) is 7.05 Å². The van der Waals surface area contributed by atoms with E-state index in [0.29, 0.717) is 12.0 Å².